The Hall–Kier alpha value is -1.40. The molecule has 1 atom stereocenters. The van der Waals surface area contributed by atoms with Crippen LogP contribution in [0.4, 0.5) is 0 Å². The number of aryl methyl sites for hydroxylation is 1. The molecule has 5 nitrogen and oxygen atoms in total. The topological polar surface area (TPSA) is 51.0 Å². The van der Waals surface area contributed by atoms with E-state index in [2.05, 4.69) is 33.8 Å². The summed E-state index contributed by atoms with van der Waals surface area (Å²) in [6.07, 6.45) is 0. The van der Waals surface area contributed by atoms with Gasteiger partial charge in [0.25, 0.3) is 5.91 Å². The minimum Gasteiger partial charge on any atom is -0.345 e. The SMILES string of the molecule is Cc1ccc2n1CCN(C(=O)c1nnc(Cl)s1)C2C. The summed E-state index contributed by atoms with van der Waals surface area (Å²) < 4.78 is 2.55. The Morgan fingerprint density at radius 1 is 1.42 bits per heavy atom. The number of fused-ring (bicyclic) bond motifs is 1. The first kappa shape index (κ1) is 12.6. The normalized spacial score (nSPS) is 18.5. The van der Waals surface area contributed by atoms with Crippen molar-refractivity contribution in [2.45, 2.75) is 26.4 Å². The minimum absolute atomic E-state index is 0.0395. The van der Waals surface area contributed by atoms with Crippen molar-refractivity contribution in [1.29, 1.82) is 0 Å². The molecule has 0 radical (unpaired) electrons. The first-order chi connectivity index (χ1) is 9.08. The van der Waals surface area contributed by atoms with Crippen LogP contribution in [0.25, 0.3) is 0 Å². The fourth-order valence-electron chi connectivity index (χ4n) is 2.51. The summed E-state index contributed by atoms with van der Waals surface area (Å²) >= 11 is 6.86. The molecule has 0 spiro atoms. The van der Waals surface area contributed by atoms with Gasteiger partial charge in [0.2, 0.25) is 9.47 Å². The van der Waals surface area contributed by atoms with Gasteiger partial charge in [-0.15, -0.1) is 10.2 Å². The number of halogens is 1. The molecule has 1 unspecified atom stereocenters. The quantitative estimate of drug-likeness (QED) is 0.812. The molecule has 100 valence electrons. The van der Waals surface area contributed by atoms with Crippen LogP contribution in [0.2, 0.25) is 4.47 Å². The Labute approximate surface area is 119 Å². The average Bonchev–Trinajstić information content (AvgIpc) is 2.97. The van der Waals surface area contributed by atoms with E-state index in [9.17, 15) is 4.79 Å². The van der Waals surface area contributed by atoms with Crippen LogP contribution >= 0.6 is 22.9 Å². The number of hydrogen-bond acceptors (Lipinski definition) is 4. The summed E-state index contributed by atoms with van der Waals surface area (Å²) in [7, 11) is 0. The number of aromatic nitrogens is 3. The van der Waals surface area contributed by atoms with Crippen LogP contribution in [-0.4, -0.2) is 32.1 Å². The molecule has 2 aromatic heterocycles. The lowest BCUT2D eigenvalue weighted by Gasteiger charge is -2.34. The highest BCUT2D eigenvalue weighted by Gasteiger charge is 2.30. The monoisotopic (exact) mass is 296 g/mol. The second-order valence-corrected chi connectivity index (χ2v) is 6.15. The number of rotatable bonds is 1. The molecule has 3 heterocycles. The molecule has 0 N–H and O–H groups in total. The van der Waals surface area contributed by atoms with E-state index < -0.39 is 0 Å². The zero-order valence-electron chi connectivity index (χ0n) is 10.6. The van der Waals surface area contributed by atoms with Crippen LogP contribution in [0.3, 0.4) is 0 Å². The Bertz CT molecular complexity index is 635. The van der Waals surface area contributed by atoms with Gasteiger partial charge in [0, 0.05) is 24.5 Å². The van der Waals surface area contributed by atoms with Gasteiger partial charge >= 0.3 is 0 Å². The van der Waals surface area contributed by atoms with E-state index in [1.165, 1.54) is 5.69 Å². The van der Waals surface area contributed by atoms with Crippen molar-refractivity contribution in [1.82, 2.24) is 19.7 Å². The minimum atomic E-state index is -0.0954. The highest BCUT2D eigenvalue weighted by Crippen LogP contribution is 2.29. The van der Waals surface area contributed by atoms with Gasteiger partial charge in [-0.25, -0.2) is 0 Å². The van der Waals surface area contributed by atoms with E-state index in [0.29, 0.717) is 16.0 Å². The van der Waals surface area contributed by atoms with Crippen LogP contribution in [0.15, 0.2) is 12.1 Å². The fraction of sp³-hybridized carbons (Fsp3) is 0.417. The Morgan fingerprint density at radius 2 is 2.21 bits per heavy atom. The molecule has 3 rings (SSSR count). The standard InChI is InChI=1S/C12H13ClN4OS/c1-7-3-4-9-8(2)17(6-5-16(7)9)11(18)10-14-15-12(13)19-10/h3-4,8H,5-6H2,1-2H3. The van der Waals surface area contributed by atoms with E-state index in [1.54, 1.807) is 0 Å². The molecule has 0 saturated heterocycles. The molecule has 0 fully saturated rings. The van der Waals surface area contributed by atoms with Gasteiger partial charge in [-0.3, -0.25) is 4.79 Å². The molecule has 0 aliphatic carbocycles. The molecular formula is C12H13ClN4OS. The van der Waals surface area contributed by atoms with Gasteiger partial charge in [-0.1, -0.05) is 11.3 Å². The highest BCUT2D eigenvalue weighted by molar-refractivity contribution is 7.17. The van der Waals surface area contributed by atoms with Crippen molar-refractivity contribution in [3.8, 4) is 0 Å². The van der Waals surface area contributed by atoms with Crippen molar-refractivity contribution in [2.75, 3.05) is 6.54 Å². The van der Waals surface area contributed by atoms with E-state index >= 15 is 0 Å². The molecule has 1 amide bonds. The molecule has 0 bridgehead atoms. The van der Waals surface area contributed by atoms with Crippen LogP contribution < -0.4 is 0 Å². The fourth-order valence-corrected chi connectivity index (χ4v) is 3.30. The molecule has 2 aromatic rings. The van der Waals surface area contributed by atoms with E-state index in [-0.39, 0.29) is 11.9 Å². The van der Waals surface area contributed by atoms with Crippen LogP contribution in [0.1, 0.15) is 34.2 Å². The summed E-state index contributed by atoms with van der Waals surface area (Å²) in [5, 5.41) is 7.87. The lowest BCUT2D eigenvalue weighted by atomic mass is 10.1. The number of amides is 1. The predicted molar refractivity (Wildman–Crippen MR) is 73.5 cm³/mol. The molecule has 0 saturated carbocycles. The van der Waals surface area contributed by atoms with Crippen LogP contribution in [0, 0.1) is 6.92 Å². The van der Waals surface area contributed by atoms with Crippen molar-refractivity contribution in [3.05, 3.63) is 33.0 Å². The van der Waals surface area contributed by atoms with Gasteiger partial charge in [-0.2, -0.15) is 0 Å². The van der Waals surface area contributed by atoms with Gasteiger partial charge in [-0.05, 0) is 37.6 Å². The average molecular weight is 297 g/mol. The second kappa shape index (κ2) is 4.61. The largest absolute Gasteiger partial charge is 0.345 e. The maximum atomic E-state index is 12.4. The van der Waals surface area contributed by atoms with Gasteiger partial charge in [0.15, 0.2) is 0 Å². The van der Waals surface area contributed by atoms with Crippen molar-refractivity contribution in [3.63, 3.8) is 0 Å². The molecule has 7 heteroatoms. The molecule has 1 aliphatic heterocycles. The summed E-state index contributed by atoms with van der Waals surface area (Å²) in [5.41, 5.74) is 2.39. The first-order valence-corrected chi connectivity index (χ1v) is 7.23. The Kier molecular flexibility index (Phi) is 3.06. The van der Waals surface area contributed by atoms with E-state index in [0.717, 1.165) is 23.6 Å². The van der Waals surface area contributed by atoms with Crippen LogP contribution in [0.5, 0.6) is 0 Å². The van der Waals surface area contributed by atoms with Gasteiger partial charge in [0.05, 0.1) is 6.04 Å². The van der Waals surface area contributed by atoms with E-state index in [1.807, 2.05) is 11.8 Å². The molecule has 1 aliphatic rings. The molecule has 19 heavy (non-hydrogen) atoms. The zero-order valence-corrected chi connectivity index (χ0v) is 12.2. The molecule has 0 aromatic carbocycles. The summed E-state index contributed by atoms with van der Waals surface area (Å²) in [6.45, 7) is 5.61. The Balaban J connectivity index is 1.90. The second-order valence-electron chi connectivity index (χ2n) is 4.59. The van der Waals surface area contributed by atoms with Crippen molar-refractivity contribution < 1.29 is 4.79 Å². The number of nitrogens with zero attached hydrogens (tertiary/aromatic N) is 4. The maximum absolute atomic E-state index is 12.4. The molecular weight excluding hydrogens is 284 g/mol. The van der Waals surface area contributed by atoms with Gasteiger partial charge in [0.1, 0.15) is 0 Å². The summed E-state index contributed by atoms with van der Waals surface area (Å²) in [5.74, 6) is -0.0954. The lowest BCUT2D eigenvalue weighted by Crippen LogP contribution is -2.41. The first-order valence-electron chi connectivity index (χ1n) is 6.04. The van der Waals surface area contributed by atoms with Gasteiger partial charge < -0.3 is 9.47 Å². The predicted octanol–water partition coefficient (Wildman–Crippen LogP) is 2.52. The van der Waals surface area contributed by atoms with Crippen LogP contribution in [-0.2, 0) is 6.54 Å². The summed E-state index contributed by atoms with van der Waals surface area (Å²) in [6, 6.07) is 4.20. The number of hydrogen-bond donors (Lipinski definition) is 0. The smallest absolute Gasteiger partial charge is 0.285 e. The van der Waals surface area contributed by atoms with E-state index in [4.69, 9.17) is 11.6 Å². The third-order valence-corrected chi connectivity index (χ3v) is 4.54. The summed E-state index contributed by atoms with van der Waals surface area (Å²) in [4.78, 5) is 14.2. The third-order valence-electron chi connectivity index (χ3n) is 3.54. The maximum Gasteiger partial charge on any atom is 0.285 e. The lowest BCUT2D eigenvalue weighted by molar-refractivity contribution is 0.0641. The third kappa shape index (κ3) is 2.04. The zero-order chi connectivity index (χ0) is 13.6. The van der Waals surface area contributed by atoms with Crippen molar-refractivity contribution in [2.24, 2.45) is 0 Å². The number of carbonyl (C=O) groups excluding carboxylic acids is 1. The number of carbonyl (C=O) groups is 1. The van der Waals surface area contributed by atoms with Crippen molar-refractivity contribution >= 4 is 28.8 Å². The highest BCUT2D eigenvalue weighted by atomic mass is 35.5. The Morgan fingerprint density at radius 3 is 2.89 bits per heavy atom.